The second kappa shape index (κ2) is 13.3. The molecule has 7 nitrogen and oxygen atoms in total. The molecule has 1 aliphatic carbocycles. The lowest BCUT2D eigenvalue weighted by Crippen LogP contribution is -2.42. The minimum Gasteiger partial charge on any atom is -0.383 e. The molecule has 1 saturated carbocycles. The van der Waals surface area contributed by atoms with E-state index in [0.717, 1.165) is 44.6 Å². The van der Waals surface area contributed by atoms with Gasteiger partial charge < -0.3 is 25.4 Å². The predicted octanol–water partition coefficient (Wildman–Crippen LogP) is 6.00. The fourth-order valence-corrected chi connectivity index (χ4v) is 5.40. The highest BCUT2D eigenvalue weighted by Gasteiger charge is 2.35. The van der Waals surface area contributed by atoms with Crippen LogP contribution in [0.3, 0.4) is 0 Å². The Bertz CT molecular complexity index is 1040. The SMILES string of the molecule is COC[C@@H](C)NC1CCC(Nc2cc(-c3nc(NCC4CCOCC4)ccc3C(F)(F)F)c(Cl)cn2)CC1. The van der Waals surface area contributed by atoms with Gasteiger partial charge in [0.05, 0.1) is 22.9 Å². The van der Waals surface area contributed by atoms with Crippen LogP contribution in [0.1, 0.15) is 51.0 Å². The molecule has 1 atom stereocenters. The van der Waals surface area contributed by atoms with Crippen molar-refractivity contribution in [3.63, 3.8) is 0 Å². The van der Waals surface area contributed by atoms with Crippen LogP contribution in [0.2, 0.25) is 5.02 Å². The highest BCUT2D eigenvalue weighted by Crippen LogP contribution is 2.40. The maximum absolute atomic E-state index is 14.0. The van der Waals surface area contributed by atoms with Crippen LogP contribution in [-0.4, -0.2) is 61.6 Å². The molecule has 0 bridgehead atoms. The molecule has 11 heteroatoms. The van der Waals surface area contributed by atoms with Crippen molar-refractivity contribution in [1.29, 1.82) is 0 Å². The van der Waals surface area contributed by atoms with E-state index < -0.39 is 11.7 Å². The number of hydrogen-bond donors (Lipinski definition) is 3. The topological polar surface area (TPSA) is 80.3 Å². The minimum absolute atomic E-state index is 0.121. The lowest BCUT2D eigenvalue weighted by Gasteiger charge is -2.32. The first-order valence-corrected chi connectivity index (χ1v) is 13.7. The molecule has 0 aromatic carbocycles. The van der Waals surface area contributed by atoms with Crippen LogP contribution >= 0.6 is 11.6 Å². The molecular formula is C27H37ClF3N5O2. The molecule has 0 unspecified atom stereocenters. The lowest BCUT2D eigenvalue weighted by molar-refractivity contribution is -0.137. The van der Waals surface area contributed by atoms with E-state index in [-0.39, 0.29) is 28.4 Å². The number of nitrogens with zero attached hydrogens (tertiary/aromatic N) is 2. The first-order chi connectivity index (χ1) is 18.2. The third kappa shape index (κ3) is 7.94. The number of nitrogens with one attached hydrogen (secondary N) is 3. The summed E-state index contributed by atoms with van der Waals surface area (Å²) in [6.07, 6.45) is 2.48. The molecule has 2 fully saturated rings. The minimum atomic E-state index is -4.58. The van der Waals surface area contributed by atoms with E-state index in [4.69, 9.17) is 21.1 Å². The molecule has 1 saturated heterocycles. The first kappa shape index (κ1) is 28.9. The van der Waals surface area contributed by atoms with E-state index in [1.54, 1.807) is 13.2 Å². The largest absolute Gasteiger partial charge is 0.418 e. The quantitative estimate of drug-likeness (QED) is 0.332. The summed E-state index contributed by atoms with van der Waals surface area (Å²) in [7, 11) is 1.69. The average molecular weight is 556 g/mol. The van der Waals surface area contributed by atoms with Crippen LogP contribution < -0.4 is 16.0 Å². The van der Waals surface area contributed by atoms with Crippen molar-refractivity contribution in [3.8, 4) is 11.3 Å². The summed E-state index contributed by atoms with van der Waals surface area (Å²) in [5.41, 5.74) is -0.829. The highest BCUT2D eigenvalue weighted by molar-refractivity contribution is 6.33. The Labute approximate surface area is 227 Å². The Morgan fingerprint density at radius 2 is 1.79 bits per heavy atom. The zero-order chi connectivity index (χ0) is 27.1. The van der Waals surface area contributed by atoms with Crippen LogP contribution in [-0.2, 0) is 15.7 Å². The van der Waals surface area contributed by atoms with Crippen molar-refractivity contribution in [2.45, 2.75) is 69.8 Å². The second-order valence-corrected chi connectivity index (χ2v) is 10.7. The van der Waals surface area contributed by atoms with Crippen LogP contribution in [0.15, 0.2) is 24.4 Å². The van der Waals surface area contributed by atoms with Crippen molar-refractivity contribution < 1.29 is 22.6 Å². The number of alkyl halides is 3. The Balaban J connectivity index is 1.48. The molecule has 38 heavy (non-hydrogen) atoms. The average Bonchev–Trinajstić information content (AvgIpc) is 2.90. The normalized spacial score (nSPS) is 21.7. The van der Waals surface area contributed by atoms with Crippen molar-refractivity contribution in [3.05, 3.63) is 35.0 Å². The summed E-state index contributed by atoms with van der Waals surface area (Å²) in [4.78, 5) is 8.72. The molecular weight excluding hydrogens is 519 g/mol. The van der Waals surface area contributed by atoms with Gasteiger partial charge in [0, 0.05) is 56.8 Å². The molecule has 2 aliphatic rings. The van der Waals surface area contributed by atoms with Gasteiger partial charge in [0.2, 0.25) is 0 Å². The Kier molecular flexibility index (Phi) is 10.1. The van der Waals surface area contributed by atoms with E-state index in [0.29, 0.717) is 50.0 Å². The van der Waals surface area contributed by atoms with Crippen molar-refractivity contribution in [1.82, 2.24) is 15.3 Å². The number of ether oxygens (including phenoxy) is 2. The molecule has 2 aromatic rings. The summed E-state index contributed by atoms with van der Waals surface area (Å²) in [5.74, 6) is 1.27. The molecule has 3 N–H and O–H groups in total. The molecule has 0 spiro atoms. The van der Waals surface area contributed by atoms with E-state index in [1.807, 2.05) is 0 Å². The van der Waals surface area contributed by atoms with Crippen molar-refractivity contribution >= 4 is 23.2 Å². The Hall–Kier alpha value is -2.14. The van der Waals surface area contributed by atoms with Crippen molar-refractivity contribution in [2.75, 3.05) is 44.1 Å². The number of aromatic nitrogens is 2. The van der Waals surface area contributed by atoms with Crippen LogP contribution in [0.25, 0.3) is 11.3 Å². The summed E-state index contributed by atoms with van der Waals surface area (Å²) in [5, 5.41) is 10.3. The van der Waals surface area contributed by atoms with Gasteiger partial charge >= 0.3 is 6.18 Å². The van der Waals surface area contributed by atoms with E-state index in [2.05, 4.69) is 32.8 Å². The standard InChI is InChI=1S/C27H37ClF3N5O2/c1-17(16-37-2)34-19-3-5-20(6-4-19)35-25-13-21(23(28)15-33-25)26-22(27(29,30)31)7-8-24(36-26)32-14-18-9-11-38-12-10-18/h7-8,13,15,17-20,34H,3-6,9-12,14,16H2,1-2H3,(H,32,36)(H,33,35)/t17-,19?,20?/m1/s1. The molecule has 1 aliphatic heterocycles. The highest BCUT2D eigenvalue weighted by atomic mass is 35.5. The monoisotopic (exact) mass is 555 g/mol. The molecule has 2 aromatic heterocycles. The third-order valence-electron chi connectivity index (χ3n) is 7.24. The fourth-order valence-electron chi connectivity index (χ4n) is 5.20. The Morgan fingerprint density at radius 3 is 2.47 bits per heavy atom. The van der Waals surface area contributed by atoms with E-state index in [9.17, 15) is 13.2 Å². The zero-order valence-corrected chi connectivity index (χ0v) is 22.7. The first-order valence-electron chi connectivity index (χ1n) is 13.3. The van der Waals surface area contributed by atoms with E-state index >= 15 is 0 Å². The summed E-state index contributed by atoms with van der Waals surface area (Å²) < 4.78 is 52.5. The van der Waals surface area contributed by atoms with Gasteiger partial charge in [0.25, 0.3) is 0 Å². The summed E-state index contributed by atoms with van der Waals surface area (Å²) in [6.45, 7) is 4.79. The molecule has 0 radical (unpaired) electrons. The van der Waals surface area contributed by atoms with Gasteiger partial charge in [-0.1, -0.05) is 11.6 Å². The zero-order valence-electron chi connectivity index (χ0n) is 21.9. The maximum atomic E-state index is 14.0. The number of hydrogen-bond acceptors (Lipinski definition) is 7. The predicted molar refractivity (Wildman–Crippen MR) is 144 cm³/mol. The van der Waals surface area contributed by atoms with Gasteiger partial charge in [0.1, 0.15) is 11.6 Å². The number of pyridine rings is 2. The van der Waals surface area contributed by atoms with Crippen molar-refractivity contribution in [2.24, 2.45) is 5.92 Å². The third-order valence-corrected chi connectivity index (χ3v) is 7.54. The van der Waals surface area contributed by atoms with Crippen LogP contribution in [0.5, 0.6) is 0 Å². The molecule has 4 rings (SSSR count). The maximum Gasteiger partial charge on any atom is 0.418 e. The van der Waals surface area contributed by atoms with Gasteiger partial charge in [-0.25, -0.2) is 9.97 Å². The lowest BCUT2D eigenvalue weighted by atomic mass is 9.90. The summed E-state index contributed by atoms with van der Waals surface area (Å²) >= 11 is 6.39. The van der Waals surface area contributed by atoms with Crippen LogP contribution in [0.4, 0.5) is 24.8 Å². The fraction of sp³-hybridized carbons (Fsp3) is 0.630. The number of halogens is 4. The molecule has 210 valence electrons. The Morgan fingerprint density at radius 1 is 1.08 bits per heavy atom. The second-order valence-electron chi connectivity index (χ2n) is 10.3. The molecule has 0 amide bonds. The van der Waals surface area contributed by atoms with Crippen LogP contribution in [0, 0.1) is 5.92 Å². The number of rotatable bonds is 10. The van der Waals surface area contributed by atoms with Gasteiger partial charge in [-0.15, -0.1) is 0 Å². The smallest absolute Gasteiger partial charge is 0.383 e. The van der Waals surface area contributed by atoms with Gasteiger partial charge in [-0.3, -0.25) is 0 Å². The molecule has 3 heterocycles. The van der Waals surface area contributed by atoms with Gasteiger partial charge in [-0.05, 0) is 69.6 Å². The summed E-state index contributed by atoms with van der Waals surface area (Å²) in [6, 6.07) is 4.90. The number of anilines is 2. The number of methoxy groups -OCH3 is 1. The van der Waals surface area contributed by atoms with Gasteiger partial charge in [0.15, 0.2) is 0 Å². The van der Waals surface area contributed by atoms with Gasteiger partial charge in [-0.2, -0.15) is 13.2 Å². The van der Waals surface area contributed by atoms with E-state index in [1.165, 1.54) is 12.3 Å².